The second-order valence-corrected chi connectivity index (χ2v) is 8.27. The number of hydrogen-bond acceptors (Lipinski definition) is 6. The Morgan fingerprint density at radius 2 is 1.83 bits per heavy atom. The Bertz CT molecular complexity index is 805. The molecular formula is C20H23F3O5S. The van der Waals surface area contributed by atoms with Crippen LogP contribution in [0.3, 0.4) is 0 Å². The van der Waals surface area contributed by atoms with Gasteiger partial charge in [0, 0.05) is 31.4 Å². The lowest BCUT2D eigenvalue weighted by atomic mass is 9.83. The summed E-state index contributed by atoms with van der Waals surface area (Å²) in [6.45, 7) is -0.339. The maximum Gasteiger partial charge on any atom is 0.425 e. The van der Waals surface area contributed by atoms with E-state index in [-0.39, 0.29) is 31.6 Å². The molecule has 1 aromatic carbocycles. The van der Waals surface area contributed by atoms with Crippen molar-refractivity contribution in [3.63, 3.8) is 0 Å². The molecule has 0 amide bonds. The summed E-state index contributed by atoms with van der Waals surface area (Å²) in [5.41, 5.74) is 0.804. The molecule has 0 radical (unpaired) electrons. The second-order valence-electron chi connectivity index (χ2n) is 7.13. The first-order valence-corrected chi connectivity index (χ1v) is 9.99. The maximum atomic E-state index is 13.3. The van der Waals surface area contributed by atoms with Gasteiger partial charge in [-0.05, 0) is 24.1 Å². The van der Waals surface area contributed by atoms with Crippen molar-refractivity contribution in [3.05, 3.63) is 45.6 Å². The lowest BCUT2D eigenvalue weighted by Gasteiger charge is -2.36. The zero-order valence-electron chi connectivity index (χ0n) is 15.7. The van der Waals surface area contributed by atoms with Gasteiger partial charge < -0.3 is 24.8 Å². The van der Waals surface area contributed by atoms with Gasteiger partial charge in [-0.2, -0.15) is 13.2 Å². The molecule has 1 saturated carbocycles. The summed E-state index contributed by atoms with van der Waals surface area (Å²) in [6.07, 6.45) is -6.69. The number of methoxy groups -OCH3 is 1. The van der Waals surface area contributed by atoms with Gasteiger partial charge in [0.15, 0.2) is 0 Å². The predicted octanol–water partition coefficient (Wildman–Crippen LogP) is 3.24. The van der Waals surface area contributed by atoms with Crippen LogP contribution < -0.4 is 9.47 Å². The van der Waals surface area contributed by atoms with Crippen molar-refractivity contribution in [2.45, 2.75) is 43.8 Å². The summed E-state index contributed by atoms with van der Waals surface area (Å²) in [4.78, 5) is -0.338. The van der Waals surface area contributed by atoms with E-state index in [0.29, 0.717) is 22.0 Å². The van der Waals surface area contributed by atoms with Crippen LogP contribution in [-0.4, -0.2) is 47.3 Å². The molecule has 1 aromatic heterocycles. The Balaban J connectivity index is 1.83. The van der Waals surface area contributed by atoms with Crippen molar-refractivity contribution < 1.29 is 38.0 Å². The quantitative estimate of drug-likeness (QED) is 0.653. The van der Waals surface area contributed by atoms with Crippen molar-refractivity contribution in [1.29, 1.82) is 0 Å². The maximum absolute atomic E-state index is 13.3. The molecule has 9 heteroatoms. The molecule has 160 valence electrons. The molecular weight excluding hydrogens is 409 g/mol. The van der Waals surface area contributed by atoms with Gasteiger partial charge >= 0.3 is 6.18 Å². The third kappa shape index (κ3) is 5.22. The highest BCUT2D eigenvalue weighted by Gasteiger charge is 2.38. The third-order valence-electron chi connectivity index (χ3n) is 5.05. The SMILES string of the molecule is COc1ccc(Cc2sc(C(F)(F)F)cc2O[C@@H]2C[C@H](CO)[C@@H](O)[C@H](O)C2)cc1. The first-order chi connectivity index (χ1) is 13.7. The number of ether oxygens (including phenoxy) is 2. The van der Waals surface area contributed by atoms with Crippen LogP contribution in [0.5, 0.6) is 11.5 Å². The highest BCUT2D eigenvalue weighted by Crippen LogP contribution is 2.42. The molecule has 3 rings (SSSR count). The number of hydrogen-bond donors (Lipinski definition) is 3. The van der Waals surface area contributed by atoms with Gasteiger partial charge in [-0.1, -0.05) is 12.1 Å². The Labute approximate surface area is 170 Å². The Morgan fingerprint density at radius 1 is 1.14 bits per heavy atom. The molecule has 0 aliphatic heterocycles. The number of thiophene rings is 1. The van der Waals surface area contributed by atoms with E-state index < -0.39 is 35.3 Å². The van der Waals surface area contributed by atoms with E-state index in [2.05, 4.69) is 0 Å². The van der Waals surface area contributed by atoms with E-state index in [0.717, 1.165) is 11.6 Å². The van der Waals surface area contributed by atoms with E-state index in [1.165, 1.54) is 7.11 Å². The van der Waals surface area contributed by atoms with Crippen LogP contribution in [0.1, 0.15) is 28.2 Å². The van der Waals surface area contributed by atoms with Gasteiger partial charge in [0.1, 0.15) is 22.5 Å². The minimum Gasteiger partial charge on any atom is -0.497 e. The van der Waals surface area contributed by atoms with E-state index in [1.54, 1.807) is 24.3 Å². The molecule has 1 heterocycles. The van der Waals surface area contributed by atoms with Gasteiger partial charge in [0.25, 0.3) is 0 Å². The van der Waals surface area contributed by atoms with Crippen LogP contribution >= 0.6 is 11.3 Å². The average Bonchev–Trinajstić information content (AvgIpc) is 3.08. The topological polar surface area (TPSA) is 79.2 Å². The van der Waals surface area contributed by atoms with Crippen molar-refractivity contribution in [2.24, 2.45) is 5.92 Å². The molecule has 1 aliphatic carbocycles. The second kappa shape index (κ2) is 8.91. The minimum atomic E-state index is -4.49. The predicted molar refractivity (Wildman–Crippen MR) is 101 cm³/mol. The zero-order chi connectivity index (χ0) is 21.2. The minimum absolute atomic E-state index is 0.0802. The monoisotopic (exact) mass is 432 g/mol. The molecule has 1 aliphatic rings. The first-order valence-electron chi connectivity index (χ1n) is 9.17. The first kappa shape index (κ1) is 21.9. The summed E-state index contributed by atoms with van der Waals surface area (Å²) in [6, 6.07) is 8.00. The summed E-state index contributed by atoms with van der Waals surface area (Å²) >= 11 is 0.625. The van der Waals surface area contributed by atoms with Crippen LogP contribution in [0.2, 0.25) is 0 Å². The molecule has 0 saturated heterocycles. The number of halogens is 3. The molecule has 5 nitrogen and oxygen atoms in total. The van der Waals surface area contributed by atoms with E-state index in [4.69, 9.17) is 9.47 Å². The molecule has 4 atom stereocenters. The third-order valence-corrected chi connectivity index (χ3v) is 6.21. The Hall–Kier alpha value is -1.81. The van der Waals surface area contributed by atoms with E-state index in [9.17, 15) is 28.5 Å². The number of benzene rings is 1. The van der Waals surface area contributed by atoms with Crippen LogP contribution in [0.25, 0.3) is 0 Å². The van der Waals surface area contributed by atoms with Crippen molar-refractivity contribution >= 4 is 11.3 Å². The summed E-state index contributed by atoms with van der Waals surface area (Å²) < 4.78 is 50.7. The van der Waals surface area contributed by atoms with Gasteiger partial charge in [0.2, 0.25) is 0 Å². The normalized spacial score (nSPS) is 25.1. The van der Waals surface area contributed by atoms with Gasteiger partial charge in [-0.3, -0.25) is 0 Å². The molecule has 1 fully saturated rings. The smallest absolute Gasteiger partial charge is 0.425 e. The number of aliphatic hydroxyl groups is 3. The molecule has 0 bridgehead atoms. The van der Waals surface area contributed by atoms with Gasteiger partial charge in [0.05, 0.1) is 24.2 Å². The fourth-order valence-corrected chi connectivity index (χ4v) is 4.45. The number of aliphatic hydroxyl groups excluding tert-OH is 3. The fourth-order valence-electron chi connectivity index (χ4n) is 3.46. The van der Waals surface area contributed by atoms with Crippen LogP contribution in [0.15, 0.2) is 30.3 Å². The average molecular weight is 432 g/mol. The highest BCUT2D eigenvalue weighted by molar-refractivity contribution is 7.12. The molecule has 2 aromatic rings. The summed E-state index contributed by atoms with van der Waals surface area (Å²) in [5.74, 6) is 0.176. The fraction of sp³-hybridized carbons (Fsp3) is 0.500. The van der Waals surface area contributed by atoms with Crippen LogP contribution in [-0.2, 0) is 12.6 Å². The molecule has 29 heavy (non-hydrogen) atoms. The summed E-state index contributed by atoms with van der Waals surface area (Å²) in [5, 5.41) is 29.3. The van der Waals surface area contributed by atoms with Crippen molar-refractivity contribution in [1.82, 2.24) is 0 Å². The largest absolute Gasteiger partial charge is 0.497 e. The van der Waals surface area contributed by atoms with E-state index in [1.807, 2.05) is 0 Å². The lowest BCUT2D eigenvalue weighted by molar-refractivity contribution is -0.134. The standard InChI is InChI=1S/C20H23F3O5S/c1-27-13-4-2-11(3-5-13)6-17-16(9-18(29-17)20(21,22)23)28-14-7-12(10-24)19(26)15(25)8-14/h2-5,9,12,14-15,19,24-26H,6-8,10H2,1H3/t12-,14-,15-,19-/m1/s1. The van der Waals surface area contributed by atoms with Crippen molar-refractivity contribution in [2.75, 3.05) is 13.7 Å². The zero-order valence-corrected chi connectivity index (χ0v) is 16.5. The van der Waals surface area contributed by atoms with Gasteiger partial charge in [-0.15, -0.1) is 11.3 Å². The molecule has 0 spiro atoms. The number of alkyl halides is 3. The van der Waals surface area contributed by atoms with Crippen LogP contribution in [0, 0.1) is 5.92 Å². The Kier molecular flexibility index (Phi) is 6.72. The van der Waals surface area contributed by atoms with Gasteiger partial charge in [-0.25, -0.2) is 0 Å². The lowest BCUT2D eigenvalue weighted by Crippen LogP contribution is -2.46. The highest BCUT2D eigenvalue weighted by atomic mass is 32.1. The molecule has 3 N–H and O–H groups in total. The van der Waals surface area contributed by atoms with E-state index >= 15 is 0 Å². The number of rotatable bonds is 6. The van der Waals surface area contributed by atoms with Crippen LogP contribution in [0.4, 0.5) is 13.2 Å². The van der Waals surface area contributed by atoms with Crippen molar-refractivity contribution in [3.8, 4) is 11.5 Å². The molecule has 0 unspecified atom stereocenters. The summed E-state index contributed by atoms with van der Waals surface area (Å²) in [7, 11) is 1.53. The Morgan fingerprint density at radius 3 is 2.41 bits per heavy atom.